The van der Waals surface area contributed by atoms with Gasteiger partial charge in [-0.1, -0.05) is 0 Å². The average molecular weight is 385 g/mol. The summed E-state index contributed by atoms with van der Waals surface area (Å²) in [6.07, 6.45) is 3.61. The quantitative estimate of drug-likeness (QED) is 0.759. The first kappa shape index (κ1) is 18.0. The van der Waals surface area contributed by atoms with Crippen molar-refractivity contribution in [1.82, 2.24) is 24.7 Å². The van der Waals surface area contributed by atoms with Gasteiger partial charge in [0.15, 0.2) is 11.2 Å². The molecule has 3 fully saturated rings. The Balaban J connectivity index is 1.18. The second-order valence-electron chi connectivity index (χ2n) is 8.17. The number of nitrogens with zero attached hydrogens (tertiary/aromatic N) is 5. The van der Waals surface area contributed by atoms with E-state index in [0.717, 1.165) is 77.5 Å². The summed E-state index contributed by atoms with van der Waals surface area (Å²) in [5.41, 5.74) is 1.16. The number of hydrogen-bond acceptors (Lipinski definition) is 7. The first-order valence-corrected chi connectivity index (χ1v) is 10.2. The molecule has 8 nitrogen and oxygen atoms in total. The second kappa shape index (κ2) is 7.42. The zero-order valence-electron chi connectivity index (χ0n) is 16.2. The lowest BCUT2D eigenvalue weighted by Gasteiger charge is -2.29. The fraction of sp³-hybridized carbons (Fsp3) is 0.650. The van der Waals surface area contributed by atoms with E-state index in [4.69, 9.17) is 9.15 Å². The molecule has 5 heterocycles. The summed E-state index contributed by atoms with van der Waals surface area (Å²) in [5, 5.41) is 0. The Labute approximate surface area is 164 Å². The van der Waals surface area contributed by atoms with Crippen LogP contribution in [0.15, 0.2) is 22.7 Å². The second-order valence-corrected chi connectivity index (χ2v) is 8.17. The molecule has 3 aliphatic heterocycles. The molecule has 0 bridgehead atoms. The third-order valence-electron chi connectivity index (χ3n) is 6.39. The van der Waals surface area contributed by atoms with E-state index in [1.54, 1.807) is 6.20 Å². The molecular weight excluding hydrogens is 358 g/mol. The van der Waals surface area contributed by atoms with Crippen molar-refractivity contribution in [2.24, 2.45) is 5.41 Å². The zero-order chi connectivity index (χ0) is 19.0. The maximum Gasteiger partial charge on any atom is 0.230 e. The van der Waals surface area contributed by atoms with E-state index < -0.39 is 0 Å². The molecule has 0 N–H and O–H groups in total. The van der Waals surface area contributed by atoms with Crippen LogP contribution in [0.1, 0.15) is 18.7 Å². The van der Waals surface area contributed by atoms with Crippen molar-refractivity contribution in [2.45, 2.75) is 19.4 Å². The van der Waals surface area contributed by atoms with Crippen molar-refractivity contribution in [3.8, 4) is 0 Å². The fourth-order valence-corrected chi connectivity index (χ4v) is 4.74. The van der Waals surface area contributed by atoms with E-state index in [2.05, 4.69) is 24.7 Å². The van der Waals surface area contributed by atoms with Gasteiger partial charge < -0.3 is 14.1 Å². The predicted molar refractivity (Wildman–Crippen MR) is 103 cm³/mol. The van der Waals surface area contributed by atoms with Crippen molar-refractivity contribution in [2.75, 3.05) is 59.0 Å². The molecule has 1 unspecified atom stereocenters. The first-order valence-electron chi connectivity index (χ1n) is 10.2. The minimum atomic E-state index is -0.213. The number of morpholine rings is 1. The maximum atomic E-state index is 13.1. The Bertz CT molecular complexity index is 816. The number of fused-ring (bicyclic) bond motifs is 1. The van der Waals surface area contributed by atoms with Crippen molar-refractivity contribution in [3.63, 3.8) is 0 Å². The Morgan fingerprint density at radius 2 is 1.93 bits per heavy atom. The molecule has 0 aromatic carbocycles. The molecule has 0 radical (unpaired) electrons. The van der Waals surface area contributed by atoms with Gasteiger partial charge >= 0.3 is 0 Å². The molecule has 5 rings (SSSR count). The normalized spacial score (nSPS) is 26.9. The van der Waals surface area contributed by atoms with Crippen molar-refractivity contribution in [1.29, 1.82) is 0 Å². The number of carbonyl (C=O) groups is 1. The molecule has 150 valence electrons. The lowest BCUT2D eigenvalue weighted by molar-refractivity contribution is -0.135. The van der Waals surface area contributed by atoms with Crippen molar-refractivity contribution >= 4 is 17.1 Å². The predicted octanol–water partition coefficient (Wildman–Crippen LogP) is 0.979. The van der Waals surface area contributed by atoms with Gasteiger partial charge in [0.1, 0.15) is 0 Å². The molecule has 1 spiro atoms. The Morgan fingerprint density at radius 3 is 2.79 bits per heavy atom. The highest BCUT2D eigenvalue weighted by Gasteiger charge is 2.50. The molecule has 8 heteroatoms. The van der Waals surface area contributed by atoms with Crippen LogP contribution in [0.2, 0.25) is 0 Å². The van der Waals surface area contributed by atoms with Gasteiger partial charge in [-0.05, 0) is 31.5 Å². The monoisotopic (exact) mass is 385 g/mol. The van der Waals surface area contributed by atoms with Gasteiger partial charge in [-0.25, -0.2) is 4.98 Å². The number of aromatic nitrogens is 2. The van der Waals surface area contributed by atoms with Crippen LogP contribution in [0.5, 0.6) is 0 Å². The van der Waals surface area contributed by atoms with Crippen LogP contribution in [0.3, 0.4) is 0 Å². The van der Waals surface area contributed by atoms with E-state index in [1.807, 2.05) is 12.1 Å². The topological polar surface area (TPSA) is 74.9 Å². The van der Waals surface area contributed by atoms with Gasteiger partial charge in [0.25, 0.3) is 0 Å². The van der Waals surface area contributed by atoms with Crippen molar-refractivity contribution < 1.29 is 13.9 Å². The SMILES string of the molecule is O=C1N(CCN2CCOCC2)CCC12CCN(Cc1nc3ncccc3o1)C2. The zero-order valence-corrected chi connectivity index (χ0v) is 16.2. The van der Waals surface area contributed by atoms with Crippen LogP contribution >= 0.6 is 0 Å². The van der Waals surface area contributed by atoms with Gasteiger partial charge in [-0.15, -0.1) is 0 Å². The minimum absolute atomic E-state index is 0.213. The lowest BCUT2D eigenvalue weighted by Crippen LogP contribution is -2.43. The maximum absolute atomic E-state index is 13.1. The van der Waals surface area contributed by atoms with Crippen LogP contribution in [0.25, 0.3) is 11.2 Å². The third kappa shape index (κ3) is 3.40. The summed E-state index contributed by atoms with van der Waals surface area (Å²) >= 11 is 0. The summed E-state index contributed by atoms with van der Waals surface area (Å²) in [7, 11) is 0. The molecule has 3 aliphatic rings. The fourth-order valence-electron chi connectivity index (χ4n) is 4.74. The molecule has 0 aliphatic carbocycles. The van der Waals surface area contributed by atoms with E-state index in [-0.39, 0.29) is 5.41 Å². The molecule has 0 saturated carbocycles. The lowest BCUT2D eigenvalue weighted by atomic mass is 9.85. The summed E-state index contributed by atoms with van der Waals surface area (Å²) in [5.74, 6) is 1.02. The van der Waals surface area contributed by atoms with Gasteiger partial charge in [0, 0.05) is 45.5 Å². The average Bonchev–Trinajstić information content (AvgIpc) is 3.40. The summed E-state index contributed by atoms with van der Waals surface area (Å²) < 4.78 is 11.2. The highest BCUT2D eigenvalue weighted by molar-refractivity contribution is 5.85. The van der Waals surface area contributed by atoms with E-state index in [0.29, 0.717) is 24.0 Å². The van der Waals surface area contributed by atoms with E-state index >= 15 is 0 Å². The molecular formula is C20H27N5O3. The van der Waals surface area contributed by atoms with Crippen LogP contribution < -0.4 is 0 Å². The molecule has 2 aromatic heterocycles. The van der Waals surface area contributed by atoms with Crippen LogP contribution in [-0.2, 0) is 16.1 Å². The highest BCUT2D eigenvalue weighted by Crippen LogP contribution is 2.41. The number of likely N-dealkylation sites (tertiary alicyclic amines) is 2. The number of hydrogen-bond donors (Lipinski definition) is 0. The van der Waals surface area contributed by atoms with E-state index in [1.165, 1.54) is 0 Å². The number of pyridine rings is 1. The van der Waals surface area contributed by atoms with Crippen LogP contribution in [0, 0.1) is 5.41 Å². The Kier molecular flexibility index (Phi) is 4.78. The molecule has 2 aromatic rings. The van der Waals surface area contributed by atoms with Crippen LogP contribution in [0.4, 0.5) is 0 Å². The highest BCUT2D eigenvalue weighted by atomic mass is 16.5. The Morgan fingerprint density at radius 1 is 1.07 bits per heavy atom. The smallest absolute Gasteiger partial charge is 0.230 e. The number of oxazole rings is 1. The molecule has 28 heavy (non-hydrogen) atoms. The van der Waals surface area contributed by atoms with Gasteiger partial charge in [-0.2, -0.15) is 4.98 Å². The summed E-state index contributed by atoms with van der Waals surface area (Å²) in [6.45, 7) is 8.56. The molecule has 3 saturated heterocycles. The number of amides is 1. The number of carbonyl (C=O) groups excluding carboxylic acids is 1. The van der Waals surface area contributed by atoms with E-state index in [9.17, 15) is 4.79 Å². The van der Waals surface area contributed by atoms with Crippen LogP contribution in [-0.4, -0.2) is 89.6 Å². The standard InChI is InChI=1S/C20H27N5O3/c26-19-20(4-7-25(19)9-8-23-10-12-27-13-11-23)3-6-24(15-20)14-17-22-18-16(28-17)2-1-5-21-18/h1-2,5H,3-4,6-15H2. The molecule has 1 amide bonds. The number of ether oxygens (including phenoxy) is 1. The summed E-state index contributed by atoms with van der Waals surface area (Å²) in [4.78, 5) is 28.6. The van der Waals surface area contributed by atoms with Crippen molar-refractivity contribution in [3.05, 3.63) is 24.2 Å². The van der Waals surface area contributed by atoms with Gasteiger partial charge in [0.05, 0.1) is 25.2 Å². The Hall–Kier alpha value is -2.03. The van der Waals surface area contributed by atoms with Gasteiger partial charge in [0.2, 0.25) is 11.8 Å². The third-order valence-corrected chi connectivity index (χ3v) is 6.39. The molecule has 1 atom stereocenters. The summed E-state index contributed by atoms with van der Waals surface area (Å²) in [6, 6.07) is 3.74. The number of rotatable bonds is 5. The first-order chi connectivity index (χ1) is 13.7. The minimum Gasteiger partial charge on any atom is -0.438 e. The largest absolute Gasteiger partial charge is 0.438 e. The van der Waals surface area contributed by atoms with Gasteiger partial charge in [-0.3, -0.25) is 14.6 Å².